The van der Waals surface area contributed by atoms with Gasteiger partial charge in [0.1, 0.15) is 11.4 Å². The predicted molar refractivity (Wildman–Crippen MR) is 113 cm³/mol. The van der Waals surface area contributed by atoms with E-state index < -0.39 is 26.3 Å². The van der Waals surface area contributed by atoms with E-state index >= 15 is 0 Å². The summed E-state index contributed by atoms with van der Waals surface area (Å²) < 4.78 is 37.4. The first-order valence-corrected chi connectivity index (χ1v) is 11.4. The highest BCUT2D eigenvalue weighted by molar-refractivity contribution is 9.10. The van der Waals surface area contributed by atoms with Crippen molar-refractivity contribution in [1.29, 1.82) is 0 Å². The summed E-state index contributed by atoms with van der Waals surface area (Å²) in [7, 11) is -3.66. The number of sulfone groups is 1. The van der Waals surface area contributed by atoms with Crippen LogP contribution in [0.4, 0.5) is 5.69 Å². The van der Waals surface area contributed by atoms with Crippen LogP contribution in [0, 0.1) is 10.1 Å². The topological polar surface area (TPSA) is 99.0 Å². The lowest BCUT2D eigenvalue weighted by Gasteiger charge is -2.19. The molecule has 0 amide bonds. The highest BCUT2D eigenvalue weighted by Gasteiger charge is 2.50. The summed E-state index contributed by atoms with van der Waals surface area (Å²) in [6.45, 7) is 0.350. The van der Waals surface area contributed by atoms with Gasteiger partial charge in [-0.2, -0.15) is 0 Å². The number of hydrogen-bond donors (Lipinski definition) is 0. The molecular formula is C21H16BrNO6S. The second kappa shape index (κ2) is 7.82. The first kappa shape index (κ1) is 20.5. The molecule has 0 aromatic heterocycles. The molecule has 1 unspecified atom stereocenters. The highest BCUT2D eigenvalue weighted by Crippen LogP contribution is 2.50. The van der Waals surface area contributed by atoms with Gasteiger partial charge in [0.05, 0.1) is 20.9 Å². The van der Waals surface area contributed by atoms with Crippen molar-refractivity contribution < 1.29 is 22.8 Å². The number of nitro groups is 1. The molecule has 0 aliphatic carbocycles. The van der Waals surface area contributed by atoms with Crippen molar-refractivity contribution >= 4 is 31.5 Å². The van der Waals surface area contributed by atoms with Gasteiger partial charge < -0.3 is 9.47 Å². The van der Waals surface area contributed by atoms with E-state index in [9.17, 15) is 18.5 Å². The molecule has 30 heavy (non-hydrogen) atoms. The Balaban J connectivity index is 1.66. The minimum atomic E-state index is -3.66. The second-order valence-electron chi connectivity index (χ2n) is 6.73. The largest absolute Gasteiger partial charge is 0.476 e. The van der Waals surface area contributed by atoms with Crippen molar-refractivity contribution in [2.45, 2.75) is 10.5 Å². The quantitative estimate of drug-likeness (QED) is 0.276. The molecule has 1 heterocycles. The molecule has 0 radical (unpaired) electrons. The van der Waals surface area contributed by atoms with Gasteiger partial charge in [0.15, 0.2) is 5.94 Å². The maximum Gasteiger partial charge on any atom is 0.269 e. The van der Waals surface area contributed by atoms with Crippen LogP contribution >= 0.6 is 15.9 Å². The van der Waals surface area contributed by atoms with Crippen LogP contribution in [0.2, 0.25) is 0 Å². The van der Waals surface area contributed by atoms with Crippen LogP contribution in [0.1, 0.15) is 11.1 Å². The number of rotatable bonds is 7. The lowest BCUT2D eigenvalue weighted by atomic mass is 9.91. The number of hydrogen-bond acceptors (Lipinski definition) is 6. The van der Waals surface area contributed by atoms with Gasteiger partial charge >= 0.3 is 0 Å². The lowest BCUT2D eigenvalue weighted by molar-refractivity contribution is -0.384. The molecule has 9 heteroatoms. The van der Waals surface area contributed by atoms with E-state index in [1.165, 1.54) is 24.3 Å². The van der Waals surface area contributed by atoms with Gasteiger partial charge in [-0.1, -0.05) is 30.3 Å². The predicted octanol–water partition coefficient (Wildman–Crippen LogP) is 4.44. The molecule has 1 saturated heterocycles. The SMILES string of the molecule is O=[N+]([O-])c1ccc(C2(c3cccc(Br)c3OCS(=O)(=O)c3ccccc3)CO2)cc1. The molecular weight excluding hydrogens is 474 g/mol. The fourth-order valence-corrected chi connectivity index (χ4v) is 4.67. The number of ether oxygens (including phenoxy) is 2. The number of nitrogens with zero attached hydrogens (tertiary/aromatic N) is 1. The van der Waals surface area contributed by atoms with Gasteiger partial charge in [-0.15, -0.1) is 0 Å². The molecule has 3 aromatic rings. The number of halogens is 1. The molecule has 0 saturated carbocycles. The van der Waals surface area contributed by atoms with Crippen LogP contribution in [0.15, 0.2) is 82.2 Å². The number of nitro benzene ring substituents is 1. The summed E-state index contributed by atoms with van der Waals surface area (Å²) in [5.74, 6) is -0.184. The summed E-state index contributed by atoms with van der Waals surface area (Å²) >= 11 is 3.43. The Morgan fingerprint density at radius 3 is 2.30 bits per heavy atom. The maximum absolute atomic E-state index is 12.6. The average Bonchev–Trinajstić information content (AvgIpc) is 3.55. The van der Waals surface area contributed by atoms with E-state index in [4.69, 9.17) is 9.47 Å². The van der Waals surface area contributed by atoms with Crippen molar-refractivity contribution in [1.82, 2.24) is 0 Å². The van der Waals surface area contributed by atoms with Crippen LogP contribution in [0.3, 0.4) is 0 Å². The molecule has 0 N–H and O–H groups in total. The van der Waals surface area contributed by atoms with E-state index in [1.807, 2.05) is 0 Å². The lowest BCUT2D eigenvalue weighted by Crippen LogP contribution is -2.17. The van der Waals surface area contributed by atoms with E-state index in [2.05, 4.69) is 15.9 Å². The van der Waals surface area contributed by atoms with Crippen molar-refractivity contribution in [3.05, 3.63) is 98.5 Å². The van der Waals surface area contributed by atoms with E-state index in [1.54, 1.807) is 48.5 Å². The zero-order valence-corrected chi connectivity index (χ0v) is 17.9. The van der Waals surface area contributed by atoms with Crippen LogP contribution < -0.4 is 4.74 Å². The van der Waals surface area contributed by atoms with Crippen LogP contribution in [0.25, 0.3) is 0 Å². The molecule has 1 aliphatic heterocycles. The molecule has 1 aliphatic rings. The van der Waals surface area contributed by atoms with E-state index in [0.29, 0.717) is 22.4 Å². The Kier molecular flexibility index (Phi) is 5.35. The molecule has 1 fully saturated rings. The molecule has 0 spiro atoms. The molecule has 154 valence electrons. The first-order valence-electron chi connectivity index (χ1n) is 8.92. The summed E-state index contributed by atoms with van der Waals surface area (Å²) in [6, 6.07) is 19.5. The molecule has 1 atom stereocenters. The normalized spacial score (nSPS) is 18.0. The first-order chi connectivity index (χ1) is 14.3. The van der Waals surface area contributed by atoms with Crippen LogP contribution in [-0.2, 0) is 20.2 Å². The van der Waals surface area contributed by atoms with Gasteiger partial charge in [0.2, 0.25) is 9.84 Å². The molecule has 4 rings (SSSR count). The Morgan fingerprint density at radius 2 is 1.70 bits per heavy atom. The van der Waals surface area contributed by atoms with Crippen LogP contribution in [-0.4, -0.2) is 25.9 Å². The van der Waals surface area contributed by atoms with Crippen molar-refractivity contribution in [3.63, 3.8) is 0 Å². The van der Waals surface area contributed by atoms with Crippen molar-refractivity contribution in [2.75, 3.05) is 12.5 Å². The van der Waals surface area contributed by atoms with Crippen LogP contribution in [0.5, 0.6) is 5.75 Å². The third-order valence-corrected chi connectivity index (χ3v) is 6.88. The summed E-state index contributed by atoms with van der Waals surface area (Å²) in [5.41, 5.74) is 0.510. The number of epoxide rings is 1. The zero-order valence-electron chi connectivity index (χ0n) is 15.5. The monoisotopic (exact) mass is 489 g/mol. The molecule has 3 aromatic carbocycles. The minimum Gasteiger partial charge on any atom is -0.476 e. The highest BCUT2D eigenvalue weighted by atomic mass is 79.9. The zero-order chi connectivity index (χ0) is 21.4. The molecule has 0 bridgehead atoms. The van der Waals surface area contributed by atoms with E-state index in [0.717, 1.165) is 5.56 Å². The summed E-state index contributed by atoms with van der Waals surface area (Å²) in [4.78, 5) is 10.6. The summed E-state index contributed by atoms with van der Waals surface area (Å²) in [5, 5.41) is 10.9. The Labute approximate surface area is 181 Å². The third kappa shape index (κ3) is 3.83. The van der Waals surface area contributed by atoms with Gasteiger partial charge in [0.25, 0.3) is 5.69 Å². The van der Waals surface area contributed by atoms with Gasteiger partial charge in [-0.25, -0.2) is 8.42 Å². The number of non-ortho nitro benzene ring substituents is 1. The number of benzene rings is 3. The smallest absolute Gasteiger partial charge is 0.269 e. The number of para-hydroxylation sites is 1. The standard InChI is InChI=1S/C21H16BrNO6S/c22-19-8-4-7-18(20(19)28-14-30(26,27)17-5-2-1-3-6-17)21(13-29-21)15-9-11-16(12-10-15)23(24)25/h1-12H,13-14H2. The average molecular weight is 490 g/mol. The molecule has 7 nitrogen and oxygen atoms in total. The fraction of sp³-hybridized carbons (Fsp3) is 0.143. The fourth-order valence-electron chi connectivity index (χ4n) is 3.21. The van der Waals surface area contributed by atoms with Gasteiger partial charge in [-0.05, 0) is 51.8 Å². The van der Waals surface area contributed by atoms with Gasteiger partial charge in [-0.3, -0.25) is 10.1 Å². The maximum atomic E-state index is 12.6. The Bertz CT molecular complexity index is 1190. The van der Waals surface area contributed by atoms with Crippen molar-refractivity contribution in [3.8, 4) is 5.75 Å². The van der Waals surface area contributed by atoms with Gasteiger partial charge in [0, 0.05) is 17.7 Å². The summed E-state index contributed by atoms with van der Waals surface area (Å²) in [6.07, 6.45) is 0. The van der Waals surface area contributed by atoms with Crippen molar-refractivity contribution in [2.24, 2.45) is 0 Å². The third-order valence-electron chi connectivity index (χ3n) is 4.84. The van der Waals surface area contributed by atoms with E-state index in [-0.39, 0.29) is 10.6 Å². The Hall–Kier alpha value is -2.75. The second-order valence-corrected chi connectivity index (χ2v) is 9.52. The Morgan fingerprint density at radius 1 is 1.03 bits per heavy atom. The minimum absolute atomic E-state index is 0.0192.